The minimum atomic E-state index is 0.280. The van der Waals surface area contributed by atoms with Crippen LogP contribution < -0.4 is 5.32 Å². The highest BCUT2D eigenvalue weighted by Gasteiger charge is 2.29. The van der Waals surface area contributed by atoms with E-state index in [0.717, 1.165) is 24.4 Å². The molecule has 1 heterocycles. The summed E-state index contributed by atoms with van der Waals surface area (Å²) < 4.78 is 5.97. The van der Waals surface area contributed by atoms with Crippen molar-refractivity contribution in [3.63, 3.8) is 0 Å². The fourth-order valence-corrected chi connectivity index (χ4v) is 2.56. The molecule has 0 saturated carbocycles. The van der Waals surface area contributed by atoms with Crippen molar-refractivity contribution in [1.29, 1.82) is 0 Å². The summed E-state index contributed by atoms with van der Waals surface area (Å²) >= 11 is 5.92. The van der Waals surface area contributed by atoms with Crippen molar-refractivity contribution in [2.24, 2.45) is 0 Å². The first-order valence-corrected chi connectivity index (χ1v) is 6.72. The lowest BCUT2D eigenvalue weighted by atomic mass is 9.99. The van der Waals surface area contributed by atoms with Gasteiger partial charge in [0.2, 0.25) is 0 Å². The molecule has 0 aliphatic carbocycles. The van der Waals surface area contributed by atoms with Gasteiger partial charge in [0.1, 0.15) is 0 Å². The van der Waals surface area contributed by atoms with Gasteiger partial charge in [0.15, 0.2) is 0 Å². The zero-order valence-electron chi connectivity index (χ0n) is 10.4. The molecule has 1 saturated heterocycles. The van der Waals surface area contributed by atoms with E-state index in [-0.39, 0.29) is 12.1 Å². The van der Waals surface area contributed by atoms with Gasteiger partial charge in [-0.1, -0.05) is 30.7 Å². The molecule has 1 fully saturated rings. The number of hydrogen-bond acceptors (Lipinski definition) is 2. The number of hydrogen-bond donors (Lipinski definition) is 1. The molecule has 1 aliphatic heterocycles. The van der Waals surface area contributed by atoms with Crippen LogP contribution in [0.2, 0.25) is 5.02 Å². The summed E-state index contributed by atoms with van der Waals surface area (Å²) in [6.45, 7) is 5.22. The summed E-state index contributed by atoms with van der Waals surface area (Å²) in [6.07, 6.45) is 2.95. The molecule has 1 aromatic rings. The summed E-state index contributed by atoms with van der Waals surface area (Å²) in [6, 6.07) is 8.34. The molecule has 1 aromatic carbocycles. The van der Waals surface area contributed by atoms with Crippen LogP contribution in [0.15, 0.2) is 24.3 Å². The molecular formula is C14H20ClNO. The standard InChI is InChI=1S/C14H20ClNO/c1-3-16-14(13-9-4-10(2)17-13)11-5-7-12(15)8-6-11/h5-8,10,13-14,16H,3-4,9H2,1-2H3. The molecule has 0 spiro atoms. The Bertz CT molecular complexity index is 352. The minimum absolute atomic E-state index is 0.280. The molecule has 1 aliphatic rings. The van der Waals surface area contributed by atoms with Crippen LogP contribution in [0.4, 0.5) is 0 Å². The number of benzene rings is 1. The van der Waals surface area contributed by atoms with Crippen molar-refractivity contribution < 1.29 is 4.74 Å². The predicted molar refractivity (Wildman–Crippen MR) is 71.4 cm³/mol. The van der Waals surface area contributed by atoms with E-state index in [2.05, 4.69) is 31.3 Å². The highest BCUT2D eigenvalue weighted by atomic mass is 35.5. The third-order valence-electron chi connectivity index (χ3n) is 3.29. The molecular weight excluding hydrogens is 234 g/mol. The Balaban J connectivity index is 2.13. The Morgan fingerprint density at radius 1 is 1.35 bits per heavy atom. The molecule has 1 N–H and O–H groups in total. The van der Waals surface area contributed by atoms with Gasteiger partial charge in [0.05, 0.1) is 18.2 Å². The maximum absolute atomic E-state index is 5.97. The SMILES string of the molecule is CCNC(c1ccc(Cl)cc1)C1CCC(C)O1. The lowest BCUT2D eigenvalue weighted by Crippen LogP contribution is -2.32. The van der Waals surface area contributed by atoms with Crippen molar-refractivity contribution in [1.82, 2.24) is 5.32 Å². The molecule has 3 unspecified atom stereocenters. The van der Waals surface area contributed by atoms with Crippen molar-refractivity contribution >= 4 is 11.6 Å². The largest absolute Gasteiger partial charge is 0.373 e. The Hall–Kier alpha value is -0.570. The fraction of sp³-hybridized carbons (Fsp3) is 0.571. The maximum atomic E-state index is 5.97. The summed E-state index contributed by atoms with van der Waals surface area (Å²) in [5.41, 5.74) is 1.26. The van der Waals surface area contributed by atoms with Crippen LogP contribution in [0.5, 0.6) is 0 Å². The zero-order valence-corrected chi connectivity index (χ0v) is 11.2. The first-order valence-electron chi connectivity index (χ1n) is 6.35. The second kappa shape index (κ2) is 5.85. The quantitative estimate of drug-likeness (QED) is 0.886. The third kappa shape index (κ3) is 3.21. The van der Waals surface area contributed by atoms with E-state index in [4.69, 9.17) is 16.3 Å². The lowest BCUT2D eigenvalue weighted by Gasteiger charge is -2.25. The molecule has 0 radical (unpaired) electrons. The van der Waals surface area contributed by atoms with Crippen molar-refractivity contribution in [2.45, 2.75) is 44.9 Å². The van der Waals surface area contributed by atoms with Gasteiger partial charge in [-0.15, -0.1) is 0 Å². The van der Waals surface area contributed by atoms with Gasteiger partial charge >= 0.3 is 0 Å². The van der Waals surface area contributed by atoms with Crippen LogP contribution >= 0.6 is 11.6 Å². The van der Waals surface area contributed by atoms with E-state index in [9.17, 15) is 0 Å². The number of likely N-dealkylation sites (N-methyl/N-ethyl adjacent to an activating group) is 1. The molecule has 2 nitrogen and oxygen atoms in total. The third-order valence-corrected chi connectivity index (χ3v) is 3.54. The van der Waals surface area contributed by atoms with Gasteiger partial charge in [0.25, 0.3) is 0 Å². The van der Waals surface area contributed by atoms with Crippen LogP contribution in [0.3, 0.4) is 0 Å². The molecule has 2 rings (SSSR count). The molecule has 0 aromatic heterocycles. The minimum Gasteiger partial charge on any atom is -0.373 e. The summed E-state index contributed by atoms with van der Waals surface area (Å²) in [5.74, 6) is 0. The average molecular weight is 254 g/mol. The summed E-state index contributed by atoms with van der Waals surface area (Å²) in [7, 11) is 0. The van der Waals surface area contributed by atoms with Crippen LogP contribution in [0, 0.1) is 0 Å². The first kappa shape index (κ1) is 12.9. The second-order valence-electron chi connectivity index (χ2n) is 4.65. The Morgan fingerprint density at radius 3 is 2.59 bits per heavy atom. The van der Waals surface area contributed by atoms with Crippen LogP contribution in [0.25, 0.3) is 0 Å². The Kier molecular flexibility index (Phi) is 4.43. The predicted octanol–water partition coefficient (Wildman–Crippen LogP) is 3.56. The van der Waals surface area contributed by atoms with Gasteiger partial charge in [-0.25, -0.2) is 0 Å². The Labute approximate surface area is 108 Å². The van der Waals surface area contributed by atoms with Gasteiger partial charge in [0, 0.05) is 5.02 Å². The van der Waals surface area contributed by atoms with Crippen LogP contribution in [0.1, 0.15) is 38.3 Å². The molecule has 0 bridgehead atoms. The van der Waals surface area contributed by atoms with E-state index < -0.39 is 0 Å². The number of rotatable bonds is 4. The smallest absolute Gasteiger partial charge is 0.0774 e. The highest BCUT2D eigenvalue weighted by Crippen LogP contribution is 2.30. The highest BCUT2D eigenvalue weighted by molar-refractivity contribution is 6.30. The van der Waals surface area contributed by atoms with Gasteiger partial charge < -0.3 is 10.1 Å². The van der Waals surface area contributed by atoms with Crippen molar-refractivity contribution in [2.75, 3.05) is 6.54 Å². The Morgan fingerprint density at radius 2 is 2.06 bits per heavy atom. The summed E-state index contributed by atoms with van der Waals surface area (Å²) in [5, 5.41) is 4.29. The topological polar surface area (TPSA) is 21.3 Å². The molecule has 0 amide bonds. The van der Waals surface area contributed by atoms with E-state index in [1.54, 1.807) is 0 Å². The molecule has 17 heavy (non-hydrogen) atoms. The molecule has 94 valence electrons. The first-order chi connectivity index (χ1) is 8.20. The van der Waals surface area contributed by atoms with E-state index >= 15 is 0 Å². The monoisotopic (exact) mass is 253 g/mol. The van der Waals surface area contributed by atoms with Crippen molar-refractivity contribution in [3.8, 4) is 0 Å². The van der Waals surface area contributed by atoms with Crippen molar-refractivity contribution in [3.05, 3.63) is 34.9 Å². The van der Waals surface area contributed by atoms with E-state index in [0.29, 0.717) is 6.10 Å². The van der Waals surface area contributed by atoms with E-state index in [1.165, 1.54) is 5.56 Å². The van der Waals surface area contributed by atoms with Crippen LogP contribution in [-0.2, 0) is 4.74 Å². The molecule has 3 heteroatoms. The number of halogens is 1. The van der Waals surface area contributed by atoms with Crippen LogP contribution in [-0.4, -0.2) is 18.8 Å². The van der Waals surface area contributed by atoms with Gasteiger partial charge in [-0.05, 0) is 44.0 Å². The maximum Gasteiger partial charge on any atom is 0.0774 e. The molecule has 3 atom stereocenters. The lowest BCUT2D eigenvalue weighted by molar-refractivity contribution is 0.0319. The van der Waals surface area contributed by atoms with Gasteiger partial charge in [-0.2, -0.15) is 0 Å². The normalized spacial score (nSPS) is 26.1. The summed E-state index contributed by atoms with van der Waals surface area (Å²) in [4.78, 5) is 0. The number of nitrogens with one attached hydrogen (secondary N) is 1. The number of ether oxygens (including phenoxy) is 1. The van der Waals surface area contributed by atoms with Gasteiger partial charge in [-0.3, -0.25) is 0 Å². The van der Waals surface area contributed by atoms with E-state index in [1.807, 2.05) is 12.1 Å². The zero-order chi connectivity index (χ0) is 12.3. The second-order valence-corrected chi connectivity index (χ2v) is 5.09. The average Bonchev–Trinajstić information content (AvgIpc) is 2.74. The fourth-order valence-electron chi connectivity index (χ4n) is 2.43.